The Morgan fingerprint density at radius 3 is 2.63 bits per heavy atom. The van der Waals surface area contributed by atoms with Crippen molar-refractivity contribution in [2.75, 3.05) is 6.61 Å². The van der Waals surface area contributed by atoms with Crippen molar-refractivity contribution >= 4 is 17.6 Å². The number of aliphatic imine (C=N–C) groups is 1. The van der Waals surface area contributed by atoms with Crippen LogP contribution in [0.5, 0.6) is 11.5 Å². The zero-order chi connectivity index (χ0) is 18.6. The van der Waals surface area contributed by atoms with Gasteiger partial charge < -0.3 is 15.2 Å². The molecule has 3 aromatic rings. The van der Waals surface area contributed by atoms with Crippen molar-refractivity contribution in [1.82, 2.24) is 0 Å². The van der Waals surface area contributed by atoms with Crippen LogP contribution in [0.4, 0.5) is 0 Å². The lowest BCUT2D eigenvalue weighted by atomic mass is 9.80. The fourth-order valence-electron chi connectivity index (χ4n) is 3.83. The number of hydrogen-bond donors (Lipinski definition) is 1. The molecule has 0 aliphatic carbocycles. The summed E-state index contributed by atoms with van der Waals surface area (Å²) < 4.78 is 11.8. The van der Waals surface area contributed by atoms with Crippen LogP contribution in [0, 0.1) is 6.92 Å². The molecule has 0 bridgehead atoms. The Bertz CT molecular complexity index is 1110. The summed E-state index contributed by atoms with van der Waals surface area (Å²) in [6.07, 6.45) is 0. The van der Waals surface area contributed by atoms with E-state index in [1.54, 1.807) is 0 Å². The number of nitrogens with zero attached hydrogens (tertiary/aromatic N) is 1. The van der Waals surface area contributed by atoms with Crippen molar-refractivity contribution in [3.63, 3.8) is 0 Å². The fraction of sp³-hybridized carbons (Fsp3) is 0.136. The molecule has 4 nitrogen and oxygen atoms in total. The van der Waals surface area contributed by atoms with Crippen molar-refractivity contribution in [2.24, 2.45) is 10.7 Å². The summed E-state index contributed by atoms with van der Waals surface area (Å²) in [6.45, 7) is 2.38. The average molecular weight is 377 g/mol. The van der Waals surface area contributed by atoms with Gasteiger partial charge in [0.05, 0.1) is 0 Å². The second-order valence-corrected chi connectivity index (χ2v) is 7.30. The van der Waals surface area contributed by atoms with Crippen LogP contribution in [0.25, 0.3) is 11.1 Å². The van der Waals surface area contributed by atoms with E-state index in [9.17, 15) is 0 Å². The molecule has 1 unspecified atom stereocenters. The van der Waals surface area contributed by atoms with Crippen molar-refractivity contribution in [3.8, 4) is 22.6 Å². The van der Waals surface area contributed by atoms with Gasteiger partial charge in [-0.25, -0.2) is 4.99 Å². The van der Waals surface area contributed by atoms with E-state index in [0.717, 1.165) is 39.3 Å². The zero-order valence-corrected chi connectivity index (χ0v) is 15.5. The van der Waals surface area contributed by atoms with Crippen LogP contribution in [0.15, 0.2) is 65.7 Å². The molecule has 0 saturated carbocycles. The van der Waals surface area contributed by atoms with Gasteiger partial charge >= 0.3 is 0 Å². The van der Waals surface area contributed by atoms with Gasteiger partial charge in [0.2, 0.25) is 0 Å². The van der Waals surface area contributed by atoms with Gasteiger partial charge in [-0.15, -0.1) is 0 Å². The van der Waals surface area contributed by atoms with Crippen molar-refractivity contribution in [2.45, 2.75) is 12.5 Å². The van der Waals surface area contributed by atoms with E-state index >= 15 is 0 Å². The standard InChI is InChI=1S/C22H17ClN2O2/c1-13-6-8-16-20(10-13)27-19-9-7-14(15-4-2-3-5-18(15)23)11-17(19)22(16)12-26-21(24)25-22/h2-11H,12H2,1H3,(H2,24,25). The number of hydrogen-bond acceptors (Lipinski definition) is 4. The summed E-state index contributed by atoms with van der Waals surface area (Å²) in [5.74, 6) is 1.54. The molecule has 2 heterocycles. The van der Waals surface area contributed by atoms with E-state index < -0.39 is 5.54 Å². The quantitative estimate of drug-likeness (QED) is 0.649. The van der Waals surface area contributed by atoms with Crippen LogP contribution in [0.1, 0.15) is 16.7 Å². The van der Waals surface area contributed by atoms with Gasteiger partial charge in [-0.2, -0.15) is 0 Å². The van der Waals surface area contributed by atoms with Crippen LogP contribution < -0.4 is 10.5 Å². The molecule has 2 N–H and O–H groups in total. The predicted molar refractivity (Wildman–Crippen MR) is 106 cm³/mol. The highest BCUT2D eigenvalue weighted by Crippen LogP contribution is 2.51. The smallest absolute Gasteiger partial charge is 0.283 e. The van der Waals surface area contributed by atoms with E-state index in [-0.39, 0.29) is 6.02 Å². The van der Waals surface area contributed by atoms with Crippen molar-refractivity contribution < 1.29 is 9.47 Å². The normalized spacial score (nSPS) is 19.7. The summed E-state index contributed by atoms with van der Waals surface area (Å²) >= 11 is 6.41. The molecule has 1 spiro atoms. The van der Waals surface area contributed by atoms with E-state index in [1.165, 1.54) is 0 Å². The Morgan fingerprint density at radius 2 is 1.85 bits per heavy atom. The van der Waals surface area contributed by atoms with Crippen LogP contribution in [0.3, 0.4) is 0 Å². The number of amidine groups is 1. The van der Waals surface area contributed by atoms with Gasteiger partial charge in [0.15, 0.2) is 5.54 Å². The minimum Gasteiger partial charge on any atom is -0.462 e. The predicted octanol–water partition coefficient (Wildman–Crippen LogP) is 5.01. The molecule has 5 heteroatoms. The molecule has 27 heavy (non-hydrogen) atoms. The molecule has 5 rings (SSSR count). The number of aryl methyl sites for hydroxylation is 1. The highest BCUT2D eigenvalue weighted by molar-refractivity contribution is 6.33. The van der Waals surface area contributed by atoms with Gasteiger partial charge in [0, 0.05) is 21.7 Å². The van der Waals surface area contributed by atoms with E-state index in [2.05, 4.69) is 12.1 Å². The maximum Gasteiger partial charge on any atom is 0.283 e. The number of halogens is 1. The van der Waals surface area contributed by atoms with E-state index in [0.29, 0.717) is 11.6 Å². The minimum absolute atomic E-state index is 0.192. The summed E-state index contributed by atoms with van der Waals surface area (Å²) in [5.41, 5.74) is 10.2. The number of nitrogens with two attached hydrogens (primary N) is 1. The van der Waals surface area contributed by atoms with Crippen molar-refractivity contribution in [3.05, 3.63) is 82.4 Å². The maximum atomic E-state index is 6.41. The third kappa shape index (κ3) is 2.41. The molecular weight excluding hydrogens is 360 g/mol. The van der Waals surface area contributed by atoms with Gasteiger partial charge in [-0.05, 0) is 42.3 Å². The summed E-state index contributed by atoms with van der Waals surface area (Å²) in [5, 5.41) is 0.699. The zero-order valence-electron chi connectivity index (χ0n) is 14.7. The lowest BCUT2D eigenvalue weighted by Crippen LogP contribution is -2.31. The van der Waals surface area contributed by atoms with Gasteiger partial charge in [0.1, 0.15) is 18.1 Å². The Hall–Kier alpha value is -2.98. The Labute approximate surface area is 162 Å². The largest absolute Gasteiger partial charge is 0.462 e. The molecule has 134 valence electrons. The summed E-state index contributed by atoms with van der Waals surface area (Å²) in [7, 11) is 0. The second-order valence-electron chi connectivity index (χ2n) is 6.89. The first-order valence-electron chi connectivity index (χ1n) is 8.73. The third-order valence-electron chi connectivity index (χ3n) is 5.14. The molecule has 0 amide bonds. The maximum absolute atomic E-state index is 6.41. The molecule has 2 aliphatic heterocycles. The molecule has 3 aromatic carbocycles. The van der Waals surface area contributed by atoms with Crippen LogP contribution in [0.2, 0.25) is 5.02 Å². The highest BCUT2D eigenvalue weighted by Gasteiger charge is 2.47. The second kappa shape index (κ2) is 5.76. The SMILES string of the molecule is Cc1ccc2c(c1)Oc1ccc(-c3ccccc3Cl)cc1C21COC(N)=N1. The topological polar surface area (TPSA) is 56.8 Å². The number of fused-ring (bicyclic) bond motifs is 4. The fourth-order valence-corrected chi connectivity index (χ4v) is 4.08. The minimum atomic E-state index is -0.710. The van der Waals surface area contributed by atoms with Crippen molar-refractivity contribution in [1.29, 1.82) is 0 Å². The summed E-state index contributed by atoms with van der Waals surface area (Å²) in [6, 6.07) is 20.1. The molecular formula is C22H17ClN2O2. The van der Waals surface area contributed by atoms with Gasteiger partial charge in [-0.3, -0.25) is 0 Å². The van der Waals surface area contributed by atoms with E-state index in [1.807, 2.05) is 55.5 Å². The average Bonchev–Trinajstić information content (AvgIpc) is 3.04. The monoisotopic (exact) mass is 376 g/mol. The Morgan fingerprint density at radius 1 is 1.00 bits per heavy atom. The first-order valence-corrected chi connectivity index (χ1v) is 9.11. The Balaban J connectivity index is 1.75. The van der Waals surface area contributed by atoms with Crippen LogP contribution >= 0.6 is 11.6 Å². The number of ether oxygens (including phenoxy) is 2. The lowest BCUT2D eigenvalue weighted by Gasteiger charge is -2.34. The number of rotatable bonds is 1. The molecule has 0 fully saturated rings. The van der Waals surface area contributed by atoms with Crippen LogP contribution in [-0.4, -0.2) is 12.6 Å². The first-order chi connectivity index (χ1) is 13.1. The molecule has 0 saturated heterocycles. The van der Waals surface area contributed by atoms with Gasteiger partial charge in [-0.1, -0.05) is 48.0 Å². The molecule has 1 atom stereocenters. The molecule has 0 aromatic heterocycles. The van der Waals surface area contributed by atoms with Gasteiger partial charge in [0.25, 0.3) is 6.02 Å². The Kier molecular flexibility index (Phi) is 3.46. The highest BCUT2D eigenvalue weighted by atomic mass is 35.5. The molecule has 2 aliphatic rings. The summed E-state index contributed by atoms with van der Waals surface area (Å²) in [4.78, 5) is 4.71. The first kappa shape index (κ1) is 16.2. The third-order valence-corrected chi connectivity index (χ3v) is 5.47. The molecule has 0 radical (unpaired) electrons. The lowest BCUT2D eigenvalue weighted by molar-refractivity contribution is 0.264. The number of benzene rings is 3. The van der Waals surface area contributed by atoms with Crippen LogP contribution in [-0.2, 0) is 10.3 Å². The van der Waals surface area contributed by atoms with E-state index in [4.69, 9.17) is 31.8 Å².